The normalized spacial score (nSPS) is 23.9. The zero-order chi connectivity index (χ0) is 24.3. The van der Waals surface area contributed by atoms with E-state index in [9.17, 15) is 4.79 Å². The second kappa shape index (κ2) is 13.2. The van der Waals surface area contributed by atoms with Gasteiger partial charge in [0.2, 0.25) is 5.91 Å². The molecule has 1 N–H and O–H groups in total. The van der Waals surface area contributed by atoms with Gasteiger partial charge in [-0.15, -0.1) is 11.3 Å². The summed E-state index contributed by atoms with van der Waals surface area (Å²) in [7, 11) is 0. The third-order valence-corrected chi connectivity index (χ3v) is 8.47. The quantitative estimate of drug-likeness (QED) is 0.191. The predicted octanol–water partition coefficient (Wildman–Crippen LogP) is 8.20. The molecule has 3 aliphatic carbocycles. The maximum Gasteiger partial charge on any atom is 0.220 e. The van der Waals surface area contributed by atoms with E-state index in [1.165, 1.54) is 41.3 Å². The predicted molar refractivity (Wildman–Crippen MR) is 146 cm³/mol. The van der Waals surface area contributed by atoms with Crippen molar-refractivity contribution in [2.75, 3.05) is 0 Å². The molecular weight excluding hydrogens is 436 g/mol. The molecule has 4 heteroatoms. The number of hydrogen-bond donors (Lipinski definition) is 1. The van der Waals surface area contributed by atoms with Gasteiger partial charge < -0.3 is 5.32 Å². The molecule has 186 valence electrons. The molecule has 1 aromatic heterocycles. The van der Waals surface area contributed by atoms with Crippen LogP contribution in [0, 0.1) is 13.8 Å². The van der Waals surface area contributed by atoms with E-state index in [1.54, 1.807) is 0 Å². The molecule has 3 fully saturated rings. The number of carbonyl (C=O) groups excluding carboxylic acids is 1. The molecule has 3 aliphatic rings. The molecule has 0 unspecified atom stereocenters. The number of aromatic nitrogens is 1. The lowest BCUT2D eigenvalue weighted by Gasteiger charge is -2.69. The Labute approximate surface area is 211 Å². The Kier molecular flexibility index (Phi) is 10.4. The minimum absolute atomic E-state index is 0.0740. The highest BCUT2D eigenvalue weighted by Gasteiger charge is 2.70. The second-order valence-corrected chi connectivity index (χ2v) is 11.5. The summed E-state index contributed by atoms with van der Waals surface area (Å²) in [5.41, 5.74) is 1.51. The van der Waals surface area contributed by atoms with Gasteiger partial charge in [0.15, 0.2) is 0 Å². The van der Waals surface area contributed by atoms with E-state index in [0.29, 0.717) is 6.42 Å². The Hall–Kier alpha value is -1.94. The average molecular weight is 481 g/mol. The summed E-state index contributed by atoms with van der Waals surface area (Å²) in [5, 5.41) is 4.61. The first-order valence-corrected chi connectivity index (χ1v) is 14.2. The minimum atomic E-state index is 0.0740. The molecule has 0 saturated heterocycles. The molecule has 3 nitrogen and oxygen atoms in total. The van der Waals surface area contributed by atoms with Crippen LogP contribution in [0.2, 0.25) is 0 Å². The van der Waals surface area contributed by atoms with Crippen LogP contribution in [0.3, 0.4) is 0 Å². The number of allylic oxidation sites excluding steroid dienone is 8. The van der Waals surface area contributed by atoms with Crippen LogP contribution in [0.15, 0.2) is 48.6 Å². The number of thiazole rings is 1. The highest BCUT2D eigenvalue weighted by molar-refractivity contribution is 7.11. The number of unbranched alkanes of at least 4 members (excludes halogenated alkanes) is 4. The third-order valence-electron chi connectivity index (χ3n) is 7.15. The van der Waals surface area contributed by atoms with Gasteiger partial charge in [0, 0.05) is 22.3 Å². The number of hydrogen-bond acceptors (Lipinski definition) is 3. The summed E-state index contributed by atoms with van der Waals surface area (Å²) < 4.78 is 0. The first-order valence-electron chi connectivity index (χ1n) is 13.3. The molecule has 34 heavy (non-hydrogen) atoms. The van der Waals surface area contributed by atoms with Gasteiger partial charge in [0.05, 0.1) is 10.7 Å². The largest absolute Gasteiger partial charge is 0.351 e. The van der Waals surface area contributed by atoms with Crippen LogP contribution in [-0.4, -0.2) is 16.4 Å². The Morgan fingerprint density at radius 2 is 1.44 bits per heavy atom. The molecule has 0 atom stereocenters. The number of amides is 1. The van der Waals surface area contributed by atoms with E-state index < -0.39 is 0 Å². The van der Waals surface area contributed by atoms with Crippen LogP contribution in [-0.2, 0) is 10.2 Å². The molecule has 2 bridgehead atoms. The van der Waals surface area contributed by atoms with E-state index in [4.69, 9.17) is 4.98 Å². The number of carbonyl (C=O) groups is 1. The first-order chi connectivity index (χ1) is 16.5. The molecule has 1 aromatic rings. The summed E-state index contributed by atoms with van der Waals surface area (Å²) in [6.07, 6.45) is 31.9. The van der Waals surface area contributed by atoms with Crippen molar-refractivity contribution in [3.63, 3.8) is 0 Å². The van der Waals surface area contributed by atoms with E-state index in [2.05, 4.69) is 74.7 Å². The van der Waals surface area contributed by atoms with Crippen molar-refractivity contribution in [3.8, 4) is 0 Å². The molecule has 1 heterocycles. The van der Waals surface area contributed by atoms with Gasteiger partial charge in [-0.25, -0.2) is 4.98 Å². The van der Waals surface area contributed by atoms with Gasteiger partial charge in [0.25, 0.3) is 0 Å². The van der Waals surface area contributed by atoms with Crippen LogP contribution in [0.4, 0.5) is 0 Å². The third kappa shape index (κ3) is 7.53. The fraction of sp³-hybridized carbons (Fsp3) is 0.600. The lowest BCUT2D eigenvalue weighted by Crippen LogP contribution is -2.76. The van der Waals surface area contributed by atoms with Crippen molar-refractivity contribution >= 4 is 17.2 Å². The second-order valence-electron chi connectivity index (χ2n) is 10.3. The van der Waals surface area contributed by atoms with E-state index in [1.807, 2.05) is 11.3 Å². The zero-order valence-electron chi connectivity index (χ0n) is 21.6. The molecule has 4 rings (SSSR count). The van der Waals surface area contributed by atoms with Crippen molar-refractivity contribution in [2.45, 2.75) is 115 Å². The first kappa shape index (κ1) is 26.7. The summed E-state index contributed by atoms with van der Waals surface area (Å²) in [6, 6.07) is 0. The molecule has 1 amide bonds. The molecule has 0 aromatic carbocycles. The summed E-state index contributed by atoms with van der Waals surface area (Å²) in [4.78, 5) is 18.5. The van der Waals surface area contributed by atoms with Crippen molar-refractivity contribution < 1.29 is 4.79 Å². The molecular formula is C30H44N2OS. The number of nitrogens with one attached hydrogen (secondary N) is 1. The summed E-state index contributed by atoms with van der Waals surface area (Å²) in [6.45, 7) is 6.49. The van der Waals surface area contributed by atoms with Gasteiger partial charge in [-0.1, -0.05) is 68.4 Å². The Balaban J connectivity index is 1.16. The molecule has 3 saturated carbocycles. The number of nitrogens with zero attached hydrogens (tertiary/aromatic N) is 1. The molecule has 0 aliphatic heterocycles. The van der Waals surface area contributed by atoms with Gasteiger partial charge >= 0.3 is 0 Å². The van der Waals surface area contributed by atoms with Crippen molar-refractivity contribution in [1.29, 1.82) is 0 Å². The van der Waals surface area contributed by atoms with Crippen LogP contribution in [0.25, 0.3) is 0 Å². The van der Waals surface area contributed by atoms with Gasteiger partial charge in [-0.3, -0.25) is 4.79 Å². The van der Waals surface area contributed by atoms with Crippen molar-refractivity contribution in [1.82, 2.24) is 10.3 Å². The van der Waals surface area contributed by atoms with E-state index >= 15 is 0 Å². The Morgan fingerprint density at radius 3 is 1.97 bits per heavy atom. The zero-order valence-corrected chi connectivity index (χ0v) is 22.4. The molecule has 0 spiro atoms. The van der Waals surface area contributed by atoms with Gasteiger partial charge in [-0.2, -0.15) is 0 Å². The summed E-state index contributed by atoms with van der Waals surface area (Å²) >= 11 is 1.84. The highest BCUT2D eigenvalue weighted by atomic mass is 32.1. The molecule has 0 radical (unpaired) electrons. The standard InChI is InChI=1S/C30H44N2OS/c1-4-5-6-7-8-9-10-11-12-13-14-15-16-17-18-19-20-21-27(33)32-30-22-29(23-30,24-30)28-31-25(2)26(3)34-28/h8-9,11-12,14-15,17-18H,4-7,10,13,16,19-24H2,1-3H3,(H,32,33)/b9-8-,12-11-,15-14-,18-17-. The number of rotatable bonds is 16. The van der Waals surface area contributed by atoms with E-state index in [-0.39, 0.29) is 16.9 Å². The van der Waals surface area contributed by atoms with Gasteiger partial charge in [-0.05, 0) is 78.1 Å². The summed E-state index contributed by atoms with van der Waals surface area (Å²) in [5.74, 6) is 0.218. The lowest BCUT2D eigenvalue weighted by atomic mass is 9.39. The smallest absolute Gasteiger partial charge is 0.220 e. The maximum absolute atomic E-state index is 12.4. The number of aryl methyl sites for hydroxylation is 2. The minimum Gasteiger partial charge on any atom is -0.351 e. The van der Waals surface area contributed by atoms with Crippen molar-refractivity contribution in [2.24, 2.45) is 0 Å². The Bertz CT molecular complexity index is 866. The lowest BCUT2D eigenvalue weighted by molar-refractivity contribution is -0.138. The fourth-order valence-corrected chi connectivity index (χ4v) is 6.25. The Morgan fingerprint density at radius 1 is 0.882 bits per heavy atom. The maximum atomic E-state index is 12.4. The highest BCUT2D eigenvalue weighted by Crippen LogP contribution is 2.68. The fourth-order valence-electron chi connectivity index (χ4n) is 5.15. The SMILES string of the molecule is CCCCC/C=C\C/C=C\C/C=C\C/C=C\CCCC(=O)NC12CC(c3nc(C)c(C)s3)(C1)C2. The van der Waals surface area contributed by atoms with Crippen LogP contribution >= 0.6 is 11.3 Å². The van der Waals surface area contributed by atoms with E-state index in [0.717, 1.165) is 51.4 Å². The monoisotopic (exact) mass is 480 g/mol. The topological polar surface area (TPSA) is 42.0 Å². The van der Waals surface area contributed by atoms with Crippen molar-refractivity contribution in [3.05, 3.63) is 64.2 Å². The van der Waals surface area contributed by atoms with Crippen LogP contribution in [0.1, 0.15) is 106 Å². The van der Waals surface area contributed by atoms with Gasteiger partial charge in [0.1, 0.15) is 0 Å². The average Bonchev–Trinajstić information content (AvgIpc) is 3.09. The van der Waals surface area contributed by atoms with Crippen LogP contribution < -0.4 is 5.32 Å². The van der Waals surface area contributed by atoms with Crippen LogP contribution in [0.5, 0.6) is 0 Å².